The van der Waals surface area contributed by atoms with Crippen molar-refractivity contribution in [1.82, 2.24) is 15.2 Å². The number of rotatable bonds is 6. The van der Waals surface area contributed by atoms with E-state index < -0.39 is 6.04 Å². The number of esters is 1. The van der Waals surface area contributed by atoms with Crippen molar-refractivity contribution >= 4 is 11.9 Å². The Bertz CT molecular complexity index is 1110. The quantitative estimate of drug-likeness (QED) is 0.584. The zero-order valence-corrected chi connectivity index (χ0v) is 18.5. The number of amides is 1. The predicted octanol–water partition coefficient (Wildman–Crippen LogP) is 3.63. The number of fused-ring (bicyclic) bond motifs is 1. The van der Waals surface area contributed by atoms with E-state index in [1.54, 1.807) is 0 Å². The maximum atomic E-state index is 13.5. The maximum Gasteiger partial charge on any atom is 0.324 e. The second-order valence-corrected chi connectivity index (χ2v) is 8.48. The lowest BCUT2D eigenvalue weighted by Gasteiger charge is -2.27. The highest BCUT2D eigenvalue weighted by molar-refractivity contribution is 5.98. The molecule has 0 unspecified atom stereocenters. The highest BCUT2D eigenvalue weighted by Crippen LogP contribution is 2.43. The van der Waals surface area contributed by atoms with Crippen LogP contribution in [0.1, 0.15) is 41.7 Å². The molecule has 1 amide bonds. The summed E-state index contributed by atoms with van der Waals surface area (Å²) in [7, 11) is 0. The molecule has 5 rings (SSSR count). The summed E-state index contributed by atoms with van der Waals surface area (Å²) in [6, 6.07) is 18.7. The number of carbonyl (C=O) groups excluding carboxylic acids is 2. The average Bonchev–Trinajstić information content (AvgIpc) is 3.57. The van der Waals surface area contributed by atoms with Gasteiger partial charge in [-0.2, -0.15) is 0 Å². The van der Waals surface area contributed by atoms with Crippen LogP contribution in [0.2, 0.25) is 0 Å². The molecule has 3 aromatic rings. The van der Waals surface area contributed by atoms with E-state index in [2.05, 4.69) is 15.2 Å². The Kier molecular flexibility index (Phi) is 5.96. The van der Waals surface area contributed by atoms with Crippen LogP contribution in [-0.2, 0) is 9.53 Å². The standard InChI is InChI=1S/C26H27N3O4/c1-2-32-26(31)23-20(17-10-5-3-6-11-17)21(19-14-9-15-29(19)23)28-25(30)22-24(33-16-27-22)18-12-7-4-8-13-18/h3-8,10-13,16,19-21,23H,2,9,14-15H2,1H3,(H,28,30)/t19-,20-,21+,23+/m1/s1. The van der Waals surface area contributed by atoms with Crippen LogP contribution in [0.15, 0.2) is 71.5 Å². The molecular weight excluding hydrogens is 418 g/mol. The van der Waals surface area contributed by atoms with Crippen molar-refractivity contribution in [3.63, 3.8) is 0 Å². The largest absolute Gasteiger partial charge is 0.465 e. The van der Waals surface area contributed by atoms with Gasteiger partial charge < -0.3 is 14.5 Å². The molecule has 0 aliphatic carbocycles. The van der Waals surface area contributed by atoms with Crippen molar-refractivity contribution in [2.75, 3.05) is 13.2 Å². The van der Waals surface area contributed by atoms with Crippen LogP contribution in [0.5, 0.6) is 0 Å². The van der Waals surface area contributed by atoms with E-state index in [4.69, 9.17) is 9.15 Å². The molecule has 0 saturated carbocycles. The molecule has 2 aliphatic rings. The Morgan fingerprint density at radius 3 is 2.58 bits per heavy atom. The molecule has 0 bridgehead atoms. The van der Waals surface area contributed by atoms with Crippen LogP contribution >= 0.6 is 0 Å². The van der Waals surface area contributed by atoms with Crippen molar-refractivity contribution in [3.8, 4) is 11.3 Å². The van der Waals surface area contributed by atoms with Crippen molar-refractivity contribution in [3.05, 3.63) is 78.3 Å². The Morgan fingerprint density at radius 2 is 1.85 bits per heavy atom. The van der Waals surface area contributed by atoms with Gasteiger partial charge in [0.1, 0.15) is 6.04 Å². The fourth-order valence-electron chi connectivity index (χ4n) is 5.37. The predicted molar refractivity (Wildman–Crippen MR) is 123 cm³/mol. The molecule has 3 heterocycles. The molecule has 33 heavy (non-hydrogen) atoms. The van der Waals surface area contributed by atoms with E-state index in [0.717, 1.165) is 30.5 Å². The van der Waals surface area contributed by atoms with Gasteiger partial charge in [-0.3, -0.25) is 14.5 Å². The number of nitrogens with one attached hydrogen (secondary N) is 1. The lowest BCUT2D eigenvalue weighted by molar-refractivity contribution is -0.149. The van der Waals surface area contributed by atoms with Crippen LogP contribution in [0.3, 0.4) is 0 Å². The molecule has 2 saturated heterocycles. The molecule has 2 aliphatic heterocycles. The van der Waals surface area contributed by atoms with Crippen LogP contribution in [0.25, 0.3) is 11.3 Å². The molecular formula is C26H27N3O4. The van der Waals surface area contributed by atoms with E-state index >= 15 is 0 Å². The first-order valence-electron chi connectivity index (χ1n) is 11.5. The van der Waals surface area contributed by atoms with Gasteiger partial charge in [-0.25, -0.2) is 4.98 Å². The van der Waals surface area contributed by atoms with Crippen LogP contribution in [0, 0.1) is 0 Å². The minimum absolute atomic E-state index is 0.0561. The van der Waals surface area contributed by atoms with Crippen molar-refractivity contribution < 1.29 is 18.7 Å². The zero-order chi connectivity index (χ0) is 22.8. The summed E-state index contributed by atoms with van der Waals surface area (Å²) in [6.45, 7) is 2.95. The van der Waals surface area contributed by atoms with E-state index in [1.165, 1.54) is 6.39 Å². The highest BCUT2D eigenvalue weighted by atomic mass is 16.5. The van der Waals surface area contributed by atoms with Gasteiger partial charge in [-0.05, 0) is 31.9 Å². The molecule has 4 atom stereocenters. The average molecular weight is 446 g/mol. The minimum Gasteiger partial charge on any atom is -0.465 e. The number of hydrogen-bond acceptors (Lipinski definition) is 6. The van der Waals surface area contributed by atoms with Crippen LogP contribution in [0.4, 0.5) is 0 Å². The van der Waals surface area contributed by atoms with Crippen LogP contribution in [-0.4, -0.2) is 53.0 Å². The Balaban J connectivity index is 1.49. The monoisotopic (exact) mass is 445 g/mol. The number of nitrogens with zero attached hydrogens (tertiary/aromatic N) is 2. The minimum atomic E-state index is -0.434. The Labute approximate surface area is 192 Å². The SMILES string of the molecule is CCOC(=O)[C@@H]1[C@H](c2ccccc2)[C@@H](NC(=O)c2ncoc2-c2ccccc2)[C@H]2CCCN21. The first-order chi connectivity index (χ1) is 16.2. The topological polar surface area (TPSA) is 84.7 Å². The fourth-order valence-corrected chi connectivity index (χ4v) is 5.37. The Morgan fingerprint density at radius 1 is 1.12 bits per heavy atom. The van der Waals surface area contributed by atoms with Gasteiger partial charge in [0.2, 0.25) is 0 Å². The summed E-state index contributed by atoms with van der Waals surface area (Å²) >= 11 is 0. The summed E-state index contributed by atoms with van der Waals surface area (Å²) in [5, 5.41) is 3.23. The number of benzene rings is 2. The lowest BCUT2D eigenvalue weighted by atomic mass is 9.85. The van der Waals surface area contributed by atoms with Gasteiger partial charge in [-0.15, -0.1) is 0 Å². The molecule has 2 fully saturated rings. The number of aromatic nitrogens is 1. The van der Waals surface area contributed by atoms with E-state index in [0.29, 0.717) is 12.4 Å². The normalized spacial score (nSPS) is 24.4. The zero-order valence-electron chi connectivity index (χ0n) is 18.5. The van der Waals surface area contributed by atoms with Gasteiger partial charge in [0.05, 0.1) is 12.6 Å². The Hall–Kier alpha value is -3.45. The number of ether oxygens (including phenoxy) is 1. The van der Waals surface area contributed by atoms with Gasteiger partial charge in [0.15, 0.2) is 17.8 Å². The van der Waals surface area contributed by atoms with Gasteiger partial charge in [-0.1, -0.05) is 60.7 Å². The second kappa shape index (κ2) is 9.19. The summed E-state index contributed by atoms with van der Waals surface area (Å²) < 4.78 is 11.0. The number of oxazole rings is 1. The molecule has 0 radical (unpaired) electrons. The highest BCUT2D eigenvalue weighted by Gasteiger charge is 2.55. The van der Waals surface area contributed by atoms with Crippen molar-refractivity contribution in [2.45, 2.75) is 43.8 Å². The van der Waals surface area contributed by atoms with Crippen molar-refractivity contribution in [1.29, 1.82) is 0 Å². The number of hydrogen-bond donors (Lipinski definition) is 1. The van der Waals surface area contributed by atoms with Crippen LogP contribution < -0.4 is 5.32 Å². The smallest absolute Gasteiger partial charge is 0.324 e. The summed E-state index contributed by atoms with van der Waals surface area (Å²) in [4.78, 5) is 32.9. The third kappa shape index (κ3) is 3.93. The van der Waals surface area contributed by atoms with E-state index in [9.17, 15) is 9.59 Å². The molecule has 1 N–H and O–H groups in total. The summed E-state index contributed by atoms with van der Waals surface area (Å²) in [5.41, 5.74) is 2.05. The number of carbonyl (C=O) groups is 2. The van der Waals surface area contributed by atoms with Gasteiger partial charge >= 0.3 is 5.97 Å². The molecule has 7 heteroatoms. The third-order valence-electron chi connectivity index (χ3n) is 6.67. The maximum absolute atomic E-state index is 13.5. The van der Waals surface area contributed by atoms with Gasteiger partial charge in [0.25, 0.3) is 5.91 Å². The summed E-state index contributed by atoms with van der Waals surface area (Å²) in [6.07, 6.45) is 3.19. The second-order valence-electron chi connectivity index (χ2n) is 8.48. The van der Waals surface area contributed by atoms with E-state index in [-0.39, 0.29) is 35.6 Å². The molecule has 2 aromatic carbocycles. The fraction of sp³-hybridized carbons (Fsp3) is 0.346. The molecule has 0 spiro atoms. The van der Waals surface area contributed by atoms with Crippen molar-refractivity contribution in [2.24, 2.45) is 0 Å². The molecule has 1 aromatic heterocycles. The first kappa shape index (κ1) is 21.4. The molecule has 170 valence electrons. The van der Waals surface area contributed by atoms with Gasteiger partial charge in [0, 0.05) is 17.5 Å². The first-order valence-corrected chi connectivity index (χ1v) is 11.5. The lowest BCUT2D eigenvalue weighted by Crippen LogP contribution is -2.45. The third-order valence-corrected chi connectivity index (χ3v) is 6.67. The molecule has 7 nitrogen and oxygen atoms in total. The summed E-state index contributed by atoms with van der Waals surface area (Å²) in [5.74, 6) is -0.314. The van der Waals surface area contributed by atoms with E-state index in [1.807, 2.05) is 67.6 Å².